The van der Waals surface area contributed by atoms with E-state index in [0.717, 1.165) is 48.2 Å². The lowest BCUT2D eigenvalue weighted by molar-refractivity contribution is -0.137. The van der Waals surface area contributed by atoms with Gasteiger partial charge in [-0.1, -0.05) is 12.1 Å². The predicted octanol–water partition coefficient (Wildman–Crippen LogP) is 4.24. The number of phenols is 1. The number of benzene rings is 2. The van der Waals surface area contributed by atoms with Crippen LogP contribution in [0.25, 0.3) is 0 Å². The Bertz CT molecular complexity index is 742. The largest absolute Gasteiger partial charge is 0.504 e. The van der Waals surface area contributed by atoms with E-state index in [0.29, 0.717) is 12.2 Å². The van der Waals surface area contributed by atoms with E-state index in [2.05, 4.69) is 5.32 Å². The number of alkyl halides is 3. The van der Waals surface area contributed by atoms with Crippen molar-refractivity contribution in [1.82, 2.24) is 5.32 Å². The lowest BCUT2D eigenvalue weighted by atomic mass is 9.90. The first-order chi connectivity index (χ1) is 11.9. The Labute approximate surface area is 144 Å². The van der Waals surface area contributed by atoms with Gasteiger partial charge in [-0.3, -0.25) is 0 Å². The molecule has 0 unspecified atom stereocenters. The van der Waals surface area contributed by atoms with Crippen molar-refractivity contribution in [3.05, 3.63) is 58.7 Å². The summed E-state index contributed by atoms with van der Waals surface area (Å²) in [7, 11) is 1.51. The Hall–Kier alpha value is -2.21. The van der Waals surface area contributed by atoms with Crippen molar-refractivity contribution in [3.8, 4) is 11.5 Å². The molecule has 1 aliphatic rings. The summed E-state index contributed by atoms with van der Waals surface area (Å²) in [4.78, 5) is 0. The van der Waals surface area contributed by atoms with Crippen LogP contribution in [0.1, 0.15) is 34.7 Å². The quantitative estimate of drug-likeness (QED) is 0.866. The summed E-state index contributed by atoms with van der Waals surface area (Å²) < 4.78 is 43.1. The maximum atomic E-state index is 12.6. The van der Waals surface area contributed by atoms with E-state index in [1.807, 2.05) is 6.07 Å². The normalized spacial score (nSPS) is 17.2. The third-order valence-corrected chi connectivity index (χ3v) is 4.60. The Kier molecular flexibility index (Phi) is 4.90. The number of ether oxygens (including phenoxy) is 1. The van der Waals surface area contributed by atoms with Crippen LogP contribution in [0.3, 0.4) is 0 Å². The molecule has 0 spiro atoms. The first-order valence-electron chi connectivity index (χ1n) is 8.18. The maximum Gasteiger partial charge on any atom is 0.416 e. The molecule has 0 saturated carbocycles. The summed E-state index contributed by atoms with van der Waals surface area (Å²) in [5.41, 5.74) is 2.40. The van der Waals surface area contributed by atoms with E-state index < -0.39 is 11.7 Å². The molecule has 1 aliphatic heterocycles. The molecule has 0 aliphatic carbocycles. The highest BCUT2D eigenvalue weighted by atomic mass is 19.4. The summed E-state index contributed by atoms with van der Waals surface area (Å²) in [6, 6.07) is 8.97. The van der Waals surface area contributed by atoms with Crippen LogP contribution in [0.5, 0.6) is 11.5 Å². The molecule has 0 saturated heterocycles. The first-order valence-corrected chi connectivity index (χ1v) is 8.18. The lowest BCUT2D eigenvalue weighted by Gasteiger charge is -2.28. The van der Waals surface area contributed by atoms with E-state index >= 15 is 0 Å². The van der Waals surface area contributed by atoms with Crippen molar-refractivity contribution in [2.75, 3.05) is 13.7 Å². The smallest absolute Gasteiger partial charge is 0.416 e. The van der Waals surface area contributed by atoms with E-state index in [1.165, 1.54) is 19.2 Å². The standard InChI is InChI=1S/C19H20F3NO2/c1-25-18-11-15-13(10-17(18)24)8-9-23-16(15)7-4-12-2-5-14(6-3-12)19(20,21)22/h2-3,5-6,10-11,16,23-24H,4,7-9H2,1H3/t16-/m0/s1. The van der Waals surface area contributed by atoms with Gasteiger partial charge in [-0.2, -0.15) is 13.2 Å². The van der Waals surface area contributed by atoms with Crippen LogP contribution >= 0.6 is 0 Å². The summed E-state index contributed by atoms with van der Waals surface area (Å²) in [5.74, 6) is 0.562. The molecule has 134 valence electrons. The molecule has 2 N–H and O–H groups in total. The van der Waals surface area contributed by atoms with Crippen LogP contribution in [-0.4, -0.2) is 18.8 Å². The zero-order valence-corrected chi connectivity index (χ0v) is 13.9. The molecule has 0 amide bonds. The number of rotatable bonds is 4. The fourth-order valence-corrected chi connectivity index (χ4v) is 3.25. The van der Waals surface area contributed by atoms with Crippen molar-refractivity contribution in [2.45, 2.75) is 31.5 Å². The molecular formula is C19H20F3NO2. The monoisotopic (exact) mass is 351 g/mol. The van der Waals surface area contributed by atoms with E-state index in [1.54, 1.807) is 6.07 Å². The van der Waals surface area contributed by atoms with Crippen LogP contribution in [0.15, 0.2) is 36.4 Å². The van der Waals surface area contributed by atoms with Gasteiger partial charge in [-0.25, -0.2) is 0 Å². The SMILES string of the molecule is COc1cc2c(cc1O)CCN[C@H]2CCc1ccc(C(F)(F)F)cc1. The van der Waals surface area contributed by atoms with Crippen molar-refractivity contribution in [3.63, 3.8) is 0 Å². The summed E-state index contributed by atoms with van der Waals surface area (Å²) in [6.45, 7) is 0.802. The fourth-order valence-electron chi connectivity index (χ4n) is 3.25. The van der Waals surface area contributed by atoms with Crippen LogP contribution in [-0.2, 0) is 19.0 Å². The first kappa shape index (κ1) is 17.6. The average Bonchev–Trinajstić information content (AvgIpc) is 2.58. The third kappa shape index (κ3) is 3.90. The molecule has 1 heterocycles. The molecule has 1 atom stereocenters. The third-order valence-electron chi connectivity index (χ3n) is 4.60. The highest BCUT2D eigenvalue weighted by molar-refractivity contribution is 5.48. The second-order valence-electron chi connectivity index (χ2n) is 6.21. The minimum atomic E-state index is -4.30. The second-order valence-corrected chi connectivity index (χ2v) is 6.21. The van der Waals surface area contributed by atoms with Gasteiger partial charge in [0.25, 0.3) is 0 Å². The van der Waals surface area contributed by atoms with Gasteiger partial charge < -0.3 is 15.2 Å². The summed E-state index contributed by atoms with van der Waals surface area (Å²) >= 11 is 0. The summed E-state index contributed by atoms with van der Waals surface area (Å²) in [6.07, 6.45) is -2.06. The van der Waals surface area contributed by atoms with Crippen molar-refractivity contribution in [1.29, 1.82) is 0 Å². The minimum absolute atomic E-state index is 0.0838. The van der Waals surface area contributed by atoms with Gasteiger partial charge in [0.1, 0.15) is 0 Å². The van der Waals surface area contributed by atoms with E-state index in [9.17, 15) is 18.3 Å². The van der Waals surface area contributed by atoms with E-state index in [4.69, 9.17) is 4.74 Å². The molecule has 0 aromatic heterocycles. The molecule has 3 nitrogen and oxygen atoms in total. The van der Waals surface area contributed by atoms with Crippen LogP contribution in [0.2, 0.25) is 0 Å². The van der Waals surface area contributed by atoms with Crippen LogP contribution in [0, 0.1) is 0 Å². The van der Waals surface area contributed by atoms with Gasteiger partial charge >= 0.3 is 6.18 Å². The van der Waals surface area contributed by atoms with Gasteiger partial charge in [0.05, 0.1) is 12.7 Å². The minimum Gasteiger partial charge on any atom is -0.504 e. The average molecular weight is 351 g/mol. The van der Waals surface area contributed by atoms with Crippen molar-refractivity contribution < 1.29 is 23.0 Å². The Balaban J connectivity index is 1.73. The van der Waals surface area contributed by atoms with Gasteiger partial charge in [0.2, 0.25) is 0 Å². The number of methoxy groups -OCH3 is 1. The number of phenolic OH excluding ortho intramolecular Hbond substituents is 1. The molecule has 2 aromatic rings. The van der Waals surface area contributed by atoms with Crippen LogP contribution in [0.4, 0.5) is 13.2 Å². The fraction of sp³-hybridized carbons (Fsp3) is 0.368. The zero-order chi connectivity index (χ0) is 18.0. The number of halogens is 3. The van der Waals surface area contributed by atoms with Gasteiger partial charge in [-0.05, 0) is 66.8 Å². The molecule has 0 radical (unpaired) electrons. The number of hydrogen-bond acceptors (Lipinski definition) is 3. The Morgan fingerprint density at radius 1 is 1.20 bits per heavy atom. The maximum absolute atomic E-state index is 12.6. The molecule has 25 heavy (non-hydrogen) atoms. The number of nitrogens with one attached hydrogen (secondary N) is 1. The Morgan fingerprint density at radius 3 is 2.56 bits per heavy atom. The predicted molar refractivity (Wildman–Crippen MR) is 88.9 cm³/mol. The van der Waals surface area contributed by atoms with Gasteiger partial charge in [0, 0.05) is 6.04 Å². The molecular weight excluding hydrogens is 331 g/mol. The zero-order valence-electron chi connectivity index (χ0n) is 13.9. The van der Waals surface area contributed by atoms with Crippen molar-refractivity contribution in [2.24, 2.45) is 0 Å². The van der Waals surface area contributed by atoms with Crippen molar-refractivity contribution >= 4 is 0 Å². The highest BCUT2D eigenvalue weighted by Crippen LogP contribution is 2.36. The number of aromatic hydroxyl groups is 1. The van der Waals surface area contributed by atoms with Gasteiger partial charge in [-0.15, -0.1) is 0 Å². The number of aryl methyl sites for hydroxylation is 1. The molecule has 3 rings (SSSR count). The Morgan fingerprint density at radius 2 is 1.92 bits per heavy atom. The summed E-state index contributed by atoms with van der Waals surface area (Å²) in [5, 5.41) is 13.3. The topological polar surface area (TPSA) is 41.5 Å². The highest BCUT2D eigenvalue weighted by Gasteiger charge is 2.30. The lowest BCUT2D eigenvalue weighted by Crippen LogP contribution is -2.30. The second kappa shape index (κ2) is 6.96. The molecule has 0 bridgehead atoms. The van der Waals surface area contributed by atoms with Gasteiger partial charge in [0.15, 0.2) is 11.5 Å². The van der Waals surface area contributed by atoms with Crippen LogP contribution < -0.4 is 10.1 Å². The molecule has 6 heteroatoms. The number of hydrogen-bond donors (Lipinski definition) is 2. The molecule has 0 fully saturated rings. The molecule has 2 aromatic carbocycles. The van der Waals surface area contributed by atoms with E-state index in [-0.39, 0.29) is 11.8 Å². The number of fused-ring (bicyclic) bond motifs is 1.